The van der Waals surface area contributed by atoms with E-state index in [9.17, 15) is 14.7 Å². The number of amides is 3. The first-order chi connectivity index (χ1) is 12.5. The number of aromatic hydroxyl groups is 1. The zero-order valence-electron chi connectivity index (χ0n) is 15.1. The summed E-state index contributed by atoms with van der Waals surface area (Å²) in [4.78, 5) is 29.9. The third-order valence-electron chi connectivity index (χ3n) is 4.53. The van der Waals surface area contributed by atoms with Crippen molar-refractivity contribution in [2.45, 2.75) is 0 Å². The van der Waals surface area contributed by atoms with Crippen LogP contribution in [0.3, 0.4) is 0 Å². The van der Waals surface area contributed by atoms with Crippen molar-refractivity contribution in [2.75, 3.05) is 40.3 Å². The van der Waals surface area contributed by atoms with Gasteiger partial charge in [-0.25, -0.2) is 4.79 Å². The number of rotatable bonds is 2. The molecule has 26 heavy (non-hydrogen) atoms. The first-order valence-electron chi connectivity index (χ1n) is 8.60. The van der Waals surface area contributed by atoms with E-state index in [1.54, 1.807) is 40.9 Å². The molecule has 3 rings (SSSR count). The molecule has 0 saturated carbocycles. The van der Waals surface area contributed by atoms with Crippen LogP contribution < -0.4 is 0 Å². The number of benzene rings is 2. The summed E-state index contributed by atoms with van der Waals surface area (Å²) in [6, 6.07) is 14.4. The van der Waals surface area contributed by atoms with Gasteiger partial charge in [0, 0.05) is 45.8 Å². The fourth-order valence-corrected chi connectivity index (χ4v) is 3.05. The van der Waals surface area contributed by atoms with Crippen LogP contribution in [0.25, 0.3) is 11.1 Å². The summed E-state index contributed by atoms with van der Waals surface area (Å²) in [6.07, 6.45) is 0. The molecule has 1 fully saturated rings. The lowest BCUT2D eigenvalue weighted by atomic mass is 10.0. The summed E-state index contributed by atoms with van der Waals surface area (Å²) in [5.74, 6) is 0.189. The van der Waals surface area contributed by atoms with E-state index in [4.69, 9.17) is 0 Å². The summed E-state index contributed by atoms with van der Waals surface area (Å²) in [7, 11) is 3.46. The Bertz CT molecular complexity index is 794. The highest BCUT2D eigenvalue weighted by molar-refractivity contribution is 5.95. The van der Waals surface area contributed by atoms with E-state index in [-0.39, 0.29) is 17.7 Å². The minimum absolute atomic E-state index is 0.0218. The van der Waals surface area contributed by atoms with Crippen molar-refractivity contribution in [2.24, 2.45) is 0 Å². The first kappa shape index (κ1) is 17.8. The molecule has 136 valence electrons. The molecule has 2 aromatic rings. The van der Waals surface area contributed by atoms with Gasteiger partial charge in [0.05, 0.1) is 0 Å². The lowest BCUT2D eigenvalue weighted by molar-refractivity contribution is 0.0650. The Balaban J connectivity index is 1.70. The number of carbonyl (C=O) groups is 2. The molecule has 3 amide bonds. The Kier molecular flexibility index (Phi) is 5.11. The van der Waals surface area contributed by atoms with Gasteiger partial charge in [0.25, 0.3) is 5.91 Å². The van der Waals surface area contributed by atoms with Crippen molar-refractivity contribution in [1.82, 2.24) is 14.7 Å². The van der Waals surface area contributed by atoms with E-state index in [1.807, 2.05) is 36.4 Å². The normalized spacial score (nSPS) is 14.2. The summed E-state index contributed by atoms with van der Waals surface area (Å²) < 4.78 is 0. The van der Waals surface area contributed by atoms with Crippen LogP contribution in [-0.4, -0.2) is 72.0 Å². The van der Waals surface area contributed by atoms with Crippen molar-refractivity contribution in [1.29, 1.82) is 0 Å². The maximum Gasteiger partial charge on any atom is 0.319 e. The summed E-state index contributed by atoms with van der Waals surface area (Å²) in [5, 5.41) is 9.42. The van der Waals surface area contributed by atoms with Gasteiger partial charge >= 0.3 is 6.03 Å². The van der Waals surface area contributed by atoms with E-state index < -0.39 is 0 Å². The highest BCUT2D eigenvalue weighted by Crippen LogP contribution is 2.23. The molecule has 0 aromatic heterocycles. The zero-order valence-corrected chi connectivity index (χ0v) is 15.1. The van der Waals surface area contributed by atoms with Crippen LogP contribution in [0.2, 0.25) is 0 Å². The predicted molar refractivity (Wildman–Crippen MR) is 100 cm³/mol. The maximum absolute atomic E-state index is 12.8. The molecule has 0 unspecified atom stereocenters. The molecule has 0 radical (unpaired) electrons. The van der Waals surface area contributed by atoms with Crippen LogP contribution >= 0.6 is 0 Å². The summed E-state index contributed by atoms with van der Waals surface area (Å²) >= 11 is 0. The van der Waals surface area contributed by atoms with Gasteiger partial charge in [0.1, 0.15) is 5.75 Å². The van der Waals surface area contributed by atoms with Crippen molar-refractivity contribution in [3.63, 3.8) is 0 Å². The van der Waals surface area contributed by atoms with E-state index in [2.05, 4.69) is 0 Å². The SMILES string of the molecule is CN(C)C(=O)N1CCN(C(=O)c2cccc(-c3ccc(O)cc3)c2)CC1. The van der Waals surface area contributed by atoms with Crippen LogP contribution in [0.15, 0.2) is 48.5 Å². The van der Waals surface area contributed by atoms with E-state index in [0.29, 0.717) is 31.7 Å². The van der Waals surface area contributed by atoms with Crippen molar-refractivity contribution >= 4 is 11.9 Å². The van der Waals surface area contributed by atoms with Gasteiger partial charge in [-0.1, -0.05) is 24.3 Å². The number of urea groups is 1. The Labute approximate surface area is 153 Å². The van der Waals surface area contributed by atoms with E-state index in [0.717, 1.165) is 11.1 Å². The average molecular weight is 353 g/mol. The van der Waals surface area contributed by atoms with Crippen LogP contribution in [0.5, 0.6) is 5.75 Å². The fraction of sp³-hybridized carbons (Fsp3) is 0.300. The average Bonchev–Trinajstić information content (AvgIpc) is 2.67. The highest BCUT2D eigenvalue weighted by Gasteiger charge is 2.25. The number of phenols is 1. The molecule has 1 aliphatic rings. The number of nitrogens with zero attached hydrogens (tertiary/aromatic N) is 3. The third-order valence-corrected chi connectivity index (χ3v) is 4.53. The van der Waals surface area contributed by atoms with Crippen LogP contribution in [-0.2, 0) is 0 Å². The number of carbonyl (C=O) groups excluding carboxylic acids is 2. The minimum Gasteiger partial charge on any atom is -0.508 e. The van der Waals surface area contributed by atoms with Crippen LogP contribution in [0, 0.1) is 0 Å². The predicted octanol–water partition coefficient (Wildman–Crippen LogP) is 2.50. The lowest BCUT2D eigenvalue weighted by Gasteiger charge is -2.36. The maximum atomic E-state index is 12.8. The van der Waals surface area contributed by atoms with Crippen molar-refractivity contribution in [3.05, 3.63) is 54.1 Å². The fourth-order valence-electron chi connectivity index (χ4n) is 3.05. The molecule has 2 aromatic carbocycles. The quantitative estimate of drug-likeness (QED) is 0.902. The van der Waals surface area contributed by atoms with Gasteiger partial charge in [-0.15, -0.1) is 0 Å². The molecule has 6 heteroatoms. The number of hydrogen-bond donors (Lipinski definition) is 1. The monoisotopic (exact) mass is 353 g/mol. The first-order valence-corrected chi connectivity index (χ1v) is 8.60. The number of piperazine rings is 1. The Morgan fingerprint density at radius 3 is 2.12 bits per heavy atom. The highest BCUT2D eigenvalue weighted by atomic mass is 16.3. The molecule has 0 spiro atoms. The van der Waals surface area contributed by atoms with E-state index >= 15 is 0 Å². The Morgan fingerprint density at radius 2 is 1.50 bits per heavy atom. The van der Waals surface area contributed by atoms with Gasteiger partial charge in [-0.05, 0) is 35.4 Å². The smallest absolute Gasteiger partial charge is 0.319 e. The molecule has 1 aliphatic heterocycles. The second kappa shape index (κ2) is 7.47. The minimum atomic E-state index is -0.0254. The molecular weight excluding hydrogens is 330 g/mol. The Hall–Kier alpha value is -3.02. The molecule has 0 bridgehead atoms. The summed E-state index contributed by atoms with van der Waals surface area (Å²) in [6.45, 7) is 2.14. The van der Waals surface area contributed by atoms with Gasteiger partial charge in [0.2, 0.25) is 0 Å². The number of hydrogen-bond acceptors (Lipinski definition) is 3. The van der Waals surface area contributed by atoms with E-state index in [1.165, 1.54) is 0 Å². The molecule has 1 N–H and O–H groups in total. The van der Waals surface area contributed by atoms with Gasteiger partial charge < -0.3 is 19.8 Å². The zero-order chi connectivity index (χ0) is 18.7. The van der Waals surface area contributed by atoms with Crippen LogP contribution in [0.4, 0.5) is 4.79 Å². The largest absolute Gasteiger partial charge is 0.508 e. The topological polar surface area (TPSA) is 64.1 Å². The number of phenolic OH excluding ortho intramolecular Hbond substituents is 1. The molecule has 6 nitrogen and oxygen atoms in total. The molecular formula is C20H23N3O3. The van der Waals surface area contributed by atoms with Crippen LogP contribution in [0.1, 0.15) is 10.4 Å². The molecule has 1 saturated heterocycles. The third kappa shape index (κ3) is 3.79. The second-order valence-corrected chi connectivity index (χ2v) is 6.58. The standard InChI is InChI=1S/C20H23N3O3/c1-21(2)20(26)23-12-10-22(11-13-23)19(25)17-5-3-4-16(14-17)15-6-8-18(24)9-7-15/h3-9,14,24H,10-13H2,1-2H3. The van der Waals surface area contributed by atoms with Gasteiger partial charge in [-0.3, -0.25) is 4.79 Å². The second-order valence-electron chi connectivity index (χ2n) is 6.58. The molecule has 0 atom stereocenters. The van der Waals surface area contributed by atoms with Crippen molar-refractivity contribution in [3.8, 4) is 16.9 Å². The lowest BCUT2D eigenvalue weighted by Crippen LogP contribution is -2.52. The molecule has 1 heterocycles. The van der Waals surface area contributed by atoms with Gasteiger partial charge in [0.15, 0.2) is 0 Å². The summed E-state index contributed by atoms with van der Waals surface area (Å²) in [5.41, 5.74) is 2.50. The molecule has 0 aliphatic carbocycles. The van der Waals surface area contributed by atoms with Crippen molar-refractivity contribution < 1.29 is 14.7 Å². The Morgan fingerprint density at radius 1 is 0.885 bits per heavy atom. The van der Waals surface area contributed by atoms with Gasteiger partial charge in [-0.2, -0.15) is 0 Å².